The van der Waals surface area contributed by atoms with E-state index < -0.39 is 0 Å². The smallest absolute Gasteiger partial charge is 0.149 e. The fourth-order valence-electron chi connectivity index (χ4n) is 1.30. The SMILES string of the molecule is Nc1ccc(Nc2c(Br)cccc2Br)nc1N. The van der Waals surface area contributed by atoms with Gasteiger partial charge in [0, 0.05) is 8.95 Å². The Morgan fingerprint density at radius 1 is 1.00 bits per heavy atom. The van der Waals surface area contributed by atoms with Crippen LogP contribution >= 0.6 is 31.9 Å². The van der Waals surface area contributed by atoms with Crippen LogP contribution in [0, 0.1) is 0 Å². The van der Waals surface area contributed by atoms with Crippen LogP contribution in [-0.4, -0.2) is 4.98 Å². The van der Waals surface area contributed by atoms with Gasteiger partial charge in [-0.2, -0.15) is 0 Å². The summed E-state index contributed by atoms with van der Waals surface area (Å²) in [4.78, 5) is 4.15. The van der Waals surface area contributed by atoms with E-state index in [1.807, 2.05) is 18.2 Å². The number of nitrogens with two attached hydrogens (primary N) is 2. The minimum absolute atomic E-state index is 0.318. The molecule has 0 unspecified atom stereocenters. The first kappa shape index (κ1) is 12.2. The number of nitrogens with zero attached hydrogens (tertiary/aromatic N) is 1. The summed E-state index contributed by atoms with van der Waals surface area (Å²) in [6, 6.07) is 9.30. The topological polar surface area (TPSA) is 77.0 Å². The number of anilines is 4. The molecule has 0 saturated heterocycles. The first-order valence-corrected chi connectivity index (χ1v) is 6.39. The molecule has 0 aliphatic rings. The number of pyridine rings is 1. The van der Waals surface area contributed by atoms with Gasteiger partial charge < -0.3 is 16.8 Å². The highest BCUT2D eigenvalue weighted by atomic mass is 79.9. The molecule has 0 amide bonds. The summed E-state index contributed by atoms with van der Waals surface area (Å²) >= 11 is 6.92. The summed E-state index contributed by atoms with van der Waals surface area (Å²) in [5, 5.41) is 3.17. The largest absolute Gasteiger partial charge is 0.396 e. The third kappa shape index (κ3) is 2.70. The van der Waals surface area contributed by atoms with Crippen molar-refractivity contribution in [3.8, 4) is 0 Å². The Bertz CT molecular complexity index is 537. The van der Waals surface area contributed by atoms with E-state index in [0.29, 0.717) is 17.3 Å². The van der Waals surface area contributed by atoms with E-state index in [4.69, 9.17) is 11.5 Å². The standard InChI is InChI=1S/C11H10Br2N4/c12-6-2-1-3-7(13)10(6)16-9-5-4-8(14)11(15)17-9/h1-5H,14H2,(H3,15,16,17). The number of aromatic nitrogens is 1. The van der Waals surface area contributed by atoms with Crippen molar-refractivity contribution < 1.29 is 0 Å². The summed E-state index contributed by atoms with van der Waals surface area (Å²) in [5.74, 6) is 0.961. The van der Waals surface area contributed by atoms with Crippen LogP contribution in [0.15, 0.2) is 39.3 Å². The Hall–Kier alpha value is -1.27. The molecule has 0 aliphatic carbocycles. The predicted octanol–water partition coefficient (Wildman–Crippen LogP) is 3.51. The molecular formula is C11H10Br2N4. The van der Waals surface area contributed by atoms with Crippen molar-refractivity contribution in [1.82, 2.24) is 4.98 Å². The van der Waals surface area contributed by atoms with Gasteiger partial charge >= 0.3 is 0 Å². The van der Waals surface area contributed by atoms with Gasteiger partial charge in [0.25, 0.3) is 0 Å². The van der Waals surface area contributed by atoms with Crippen LogP contribution in [0.4, 0.5) is 23.0 Å². The van der Waals surface area contributed by atoms with Gasteiger partial charge in [0.1, 0.15) is 11.6 Å². The third-order valence-electron chi connectivity index (χ3n) is 2.17. The molecule has 1 aromatic carbocycles. The van der Waals surface area contributed by atoms with Crippen molar-refractivity contribution in [2.24, 2.45) is 0 Å². The molecule has 0 radical (unpaired) electrons. The van der Waals surface area contributed by atoms with Gasteiger partial charge in [-0.05, 0) is 56.1 Å². The molecule has 17 heavy (non-hydrogen) atoms. The van der Waals surface area contributed by atoms with Crippen molar-refractivity contribution in [1.29, 1.82) is 0 Å². The molecule has 6 heteroatoms. The van der Waals surface area contributed by atoms with Crippen LogP contribution in [0.3, 0.4) is 0 Å². The Labute approximate surface area is 116 Å². The van der Waals surface area contributed by atoms with Gasteiger partial charge in [0.05, 0.1) is 11.4 Å². The van der Waals surface area contributed by atoms with E-state index in [9.17, 15) is 0 Å². The number of hydrogen-bond acceptors (Lipinski definition) is 4. The fourth-order valence-corrected chi connectivity index (χ4v) is 2.50. The normalized spacial score (nSPS) is 10.2. The Balaban J connectivity index is 2.35. The van der Waals surface area contributed by atoms with Gasteiger partial charge in [-0.1, -0.05) is 6.07 Å². The fraction of sp³-hybridized carbons (Fsp3) is 0. The Morgan fingerprint density at radius 2 is 1.65 bits per heavy atom. The van der Waals surface area contributed by atoms with E-state index in [1.54, 1.807) is 12.1 Å². The maximum Gasteiger partial charge on any atom is 0.149 e. The Morgan fingerprint density at radius 3 is 2.24 bits per heavy atom. The van der Waals surface area contributed by atoms with Crippen molar-refractivity contribution in [3.05, 3.63) is 39.3 Å². The van der Waals surface area contributed by atoms with Crippen LogP contribution in [0.1, 0.15) is 0 Å². The maximum absolute atomic E-state index is 5.65. The van der Waals surface area contributed by atoms with Gasteiger partial charge in [0.15, 0.2) is 0 Å². The quantitative estimate of drug-likeness (QED) is 0.768. The molecule has 0 saturated carbocycles. The van der Waals surface area contributed by atoms with Gasteiger partial charge in [0.2, 0.25) is 0 Å². The number of nitrogen functional groups attached to an aromatic ring is 2. The summed E-state index contributed by atoms with van der Waals surface area (Å²) in [6.07, 6.45) is 0. The molecule has 2 aromatic rings. The molecule has 0 aliphatic heterocycles. The molecule has 5 N–H and O–H groups in total. The van der Waals surface area contributed by atoms with Gasteiger partial charge in [-0.3, -0.25) is 0 Å². The molecule has 0 atom stereocenters. The van der Waals surface area contributed by atoms with Crippen molar-refractivity contribution >= 4 is 54.9 Å². The van der Waals surface area contributed by atoms with Crippen LogP contribution in [0.25, 0.3) is 0 Å². The van der Waals surface area contributed by atoms with Crippen LogP contribution in [0.5, 0.6) is 0 Å². The highest BCUT2D eigenvalue weighted by molar-refractivity contribution is 9.11. The van der Waals surface area contributed by atoms with E-state index in [0.717, 1.165) is 14.6 Å². The predicted molar refractivity (Wildman–Crippen MR) is 78.2 cm³/mol. The van der Waals surface area contributed by atoms with Crippen LogP contribution < -0.4 is 16.8 Å². The molecule has 2 rings (SSSR count). The number of para-hydroxylation sites is 1. The third-order valence-corrected chi connectivity index (χ3v) is 3.49. The second-order valence-electron chi connectivity index (χ2n) is 3.39. The molecule has 88 valence electrons. The molecular weight excluding hydrogens is 348 g/mol. The van der Waals surface area contributed by atoms with Crippen molar-refractivity contribution in [2.75, 3.05) is 16.8 Å². The molecule has 0 spiro atoms. The number of rotatable bonds is 2. The van der Waals surface area contributed by atoms with E-state index >= 15 is 0 Å². The first-order chi connectivity index (χ1) is 8.08. The maximum atomic E-state index is 5.65. The second-order valence-corrected chi connectivity index (χ2v) is 5.10. The van der Waals surface area contributed by atoms with Crippen LogP contribution in [0.2, 0.25) is 0 Å². The summed E-state index contributed by atoms with van der Waals surface area (Å²) in [6.45, 7) is 0. The summed E-state index contributed by atoms with van der Waals surface area (Å²) in [7, 11) is 0. The molecule has 0 bridgehead atoms. The van der Waals surface area contributed by atoms with Gasteiger partial charge in [-0.15, -0.1) is 0 Å². The van der Waals surface area contributed by atoms with Gasteiger partial charge in [-0.25, -0.2) is 4.98 Å². The highest BCUT2D eigenvalue weighted by Crippen LogP contribution is 2.33. The first-order valence-electron chi connectivity index (χ1n) is 4.81. The molecule has 4 nitrogen and oxygen atoms in total. The minimum Gasteiger partial charge on any atom is -0.396 e. The monoisotopic (exact) mass is 356 g/mol. The van der Waals surface area contributed by atoms with E-state index in [-0.39, 0.29) is 0 Å². The van der Waals surface area contributed by atoms with E-state index in [1.165, 1.54) is 0 Å². The lowest BCUT2D eigenvalue weighted by Crippen LogP contribution is -2.01. The lowest BCUT2D eigenvalue weighted by molar-refractivity contribution is 1.31. The lowest BCUT2D eigenvalue weighted by atomic mass is 10.3. The van der Waals surface area contributed by atoms with E-state index in [2.05, 4.69) is 42.2 Å². The zero-order chi connectivity index (χ0) is 12.4. The summed E-state index contributed by atoms with van der Waals surface area (Å²) < 4.78 is 1.87. The summed E-state index contributed by atoms with van der Waals surface area (Å²) in [5.41, 5.74) is 12.6. The highest BCUT2D eigenvalue weighted by Gasteiger charge is 2.06. The zero-order valence-electron chi connectivity index (χ0n) is 8.74. The zero-order valence-corrected chi connectivity index (χ0v) is 11.9. The minimum atomic E-state index is 0.318. The average molecular weight is 358 g/mol. The van der Waals surface area contributed by atoms with Crippen LogP contribution in [-0.2, 0) is 0 Å². The Kier molecular flexibility index (Phi) is 3.54. The molecule has 1 aromatic heterocycles. The average Bonchev–Trinajstić information content (AvgIpc) is 2.28. The lowest BCUT2D eigenvalue weighted by Gasteiger charge is -2.10. The van der Waals surface area contributed by atoms with Crippen molar-refractivity contribution in [2.45, 2.75) is 0 Å². The number of hydrogen-bond donors (Lipinski definition) is 3. The molecule has 1 heterocycles. The number of benzene rings is 1. The van der Waals surface area contributed by atoms with Crippen molar-refractivity contribution in [3.63, 3.8) is 0 Å². The second kappa shape index (κ2) is 4.93. The number of halogens is 2. The number of nitrogens with one attached hydrogen (secondary N) is 1. The molecule has 0 fully saturated rings.